The van der Waals surface area contributed by atoms with Gasteiger partial charge in [-0.1, -0.05) is 0 Å². The van der Waals surface area contributed by atoms with E-state index in [-0.39, 0.29) is 5.60 Å². The third-order valence-corrected chi connectivity index (χ3v) is 5.19. The van der Waals surface area contributed by atoms with E-state index < -0.39 is 0 Å². The zero-order chi connectivity index (χ0) is 16.6. The Morgan fingerprint density at radius 2 is 2.04 bits per heavy atom. The van der Waals surface area contributed by atoms with Gasteiger partial charge in [-0.2, -0.15) is 0 Å². The summed E-state index contributed by atoms with van der Waals surface area (Å²) in [4.78, 5) is 21.0. The predicted octanol–water partition coefficient (Wildman–Crippen LogP) is 1.68. The molecule has 4 rings (SSSR count). The molecule has 0 aromatic carbocycles. The van der Waals surface area contributed by atoms with E-state index >= 15 is 0 Å². The number of hydrogen-bond donors (Lipinski definition) is 1. The molecule has 130 valence electrons. The Hall–Kier alpha value is -1.73. The molecule has 0 saturated carbocycles. The van der Waals surface area contributed by atoms with Gasteiger partial charge in [0, 0.05) is 39.3 Å². The van der Waals surface area contributed by atoms with E-state index in [0.717, 1.165) is 62.1 Å². The molecule has 0 radical (unpaired) electrons. The van der Waals surface area contributed by atoms with Gasteiger partial charge in [0.25, 0.3) is 0 Å². The van der Waals surface area contributed by atoms with Gasteiger partial charge >= 0.3 is 0 Å². The first-order chi connectivity index (χ1) is 11.6. The van der Waals surface area contributed by atoms with Crippen molar-refractivity contribution in [2.24, 2.45) is 5.92 Å². The minimum absolute atomic E-state index is 0.0396. The predicted molar refractivity (Wildman–Crippen MR) is 93.1 cm³/mol. The highest BCUT2D eigenvalue weighted by molar-refractivity contribution is 5.82. The van der Waals surface area contributed by atoms with Crippen molar-refractivity contribution in [3.63, 3.8) is 0 Å². The van der Waals surface area contributed by atoms with Crippen molar-refractivity contribution >= 4 is 17.0 Å². The molecule has 0 aliphatic carbocycles. The third kappa shape index (κ3) is 3.23. The normalized spacial score (nSPS) is 25.2. The number of ether oxygens (including phenoxy) is 1. The quantitative estimate of drug-likeness (QED) is 0.923. The molecular weight excluding hydrogens is 304 g/mol. The number of hydrogen-bond acceptors (Lipinski definition) is 6. The highest BCUT2D eigenvalue weighted by atomic mass is 16.5. The summed E-state index contributed by atoms with van der Waals surface area (Å²) in [5.74, 6) is 1.73. The number of imidazole rings is 1. The molecule has 1 atom stereocenters. The summed E-state index contributed by atoms with van der Waals surface area (Å²) >= 11 is 0. The first-order valence-electron chi connectivity index (χ1n) is 8.86. The Bertz CT molecular complexity index is 691. The Morgan fingerprint density at radius 3 is 2.83 bits per heavy atom. The maximum absolute atomic E-state index is 5.84. The van der Waals surface area contributed by atoms with E-state index in [1.807, 2.05) is 0 Å². The minimum Gasteiger partial charge on any atom is -0.376 e. The second-order valence-corrected chi connectivity index (χ2v) is 7.55. The van der Waals surface area contributed by atoms with E-state index in [2.05, 4.69) is 43.6 Å². The first kappa shape index (κ1) is 15.8. The lowest BCUT2D eigenvalue weighted by Crippen LogP contribution is -2.49. The molecule has 4 heterocycles. The lowest BCUT2D eigenvalue weighted by Gasteiger charge is -2.40. The number of nitrogens with zero attached hydrogens (tertiary/aromatic N) is 5. The fourth-order valence-electron chi connectivity index (χ4n) is 4.01. The summed E-state index contributed by atoms with van der Waals surface area (Å²) in [5.41, 5.74) is 1.72. The molecule has 2 aromatic heterocycles. The monoisotopic (exact) mass is 330 g/mol. The van der Waals surface area contributed by atoms with Crippen molar-refractivity contribution in [1.82, 2.24) is 24.8 Å². The van der Waals surface area contributed by atoms with Crippen LogP contribution in [0.1, 0.15) is 26.7 Å². The number of nitrogens with one attached hydrogen (secondary N) is 1. The summed E-state index contributed by atoms with van der Waals surface area (Å²) < 4.78 is 5.84. The van der Waals surface area contributed by atoms with E-state index in [9.17, 15) is 0 Å². The van der Waals surface area contributed by atoms with Crippen LogP contribution in [0.2, 0.25) is 0 Å². The largest absolute Gasteiger partial charge is 0.376 e. The lowest BCUT2D eigenvalue weighted by atomic mass is 9.88. The second-order valence-electron chi connectivity index (χ2n) is 7.55. The minimum atomic E-state index is 0.0396. The molecule has 2 aliphatic rings. The molecule has 0 bridgehead atoms. The summed E-state index contributed by atoms with van der Waals surface area (Å²) in [6, 6.07) is 0. The van der Waals surface area contributed by atoms with Crippen molar-refractivity contribution in [3.8, 4) is 0 Å². The zero-order valence-corrected chi connectivity index (χ0v) is 14.5. The average molecular weight is 330 g/mol. The van der Waals surface area contributed by atoms with Crippen LogP contribution in [0.25, 0.3) is 11.2 Å². The van der Waals surface area contributed by atoms with Gasteiger partial charge in [-0.3, -0.25) is 4.90 Å². The Kier molecular flexibility index (Phi) is 4.14. The molecular formula is C17H26N6O. The Balaban J connectivity index is 1.36. The van der Waals surface area contributed by atoms with Crippen LogP contribution in [0.5, 0.6) is 0 Å². The zero-order valence-electron chi connectivity index (χ0n) is 14.5. The van der Waals surface area contributed by atoms with E-state index in [1.54, 1.807) is 12.7 Å². The summed E-state index contributed by atoms with van der Waals surface area (Å²) in [5, 5.41) is 0. The van der Waals surface area contributed by atoms with Crippen LogP contribution in [0.3, 0.4) is 0 Å². The number of fused-ring (bicyclic) bond motifs is 1. The molecule has 1 N–H and O–H groups in total. The smallest absolute Gasteiger partial charge is 0.182 e. The molecule has 0 spiro atoms. The molecule has 2 saturated heterocycles. The average Bonchev–Trinajstić information content (AvgIpc) is 3.03. The summed E-state index contributed by atoms with van der Waals surface area (Å²) in [6.45, 7) is 10.7. The van der Waals surface area contributed by atoms with Crippen LogP contribution in [0.15, 0.2) is 12.7 Å². The van der Waals surface area contributed by atoms with Crippen LogP contribution in [-0.4, -0.2) is 69.8 Å². The van der Waals surface area contributed by atoms with Crippen molar-refractivity contribution in [2.45, 2.75) is 32.3 Å². The van der Waals surface area contributed by atoms with E-state index in [4.69, 9.17) is 4.74 Å². The summed E-state index contributed by atoms with van der Waals surface area (Å²) in [7, 11) is 0. The Labute approximate surface area is 142 Å². The van der Waals surface area contributed by atoms with Gasteiger partial charge in [0.1, 0.15) is 11.8 Å². The topological polar surface area (TPSA) is 70.2 Å². The second kappa shape index (κ2) is 6.29. The number of aromatic amines is 1. The van der Waals surface area contributed by atoms with Crippen LogP contribution < -0.4 is 4.90 Å². The van der Waals surface area contributed by atoms with Crippen molar-refractivity contribution in [3.05, 3.63) is 12.7 Å². The molecule has 0 amide bonds. The fraction of sp³-hybridized carbons (Fsp3) is 0.706. The highest BCUT2D eigenvalue weighted by Gasteiger charge is 2.30. The van der Waals surface area contributed by atoms with Crippen molar-refractivity contribution < 1.29 is 4.74 Å². The lowest BCUT2D eigenvalue weighted by molar-refractivity contribution is -0.0769. The van der Waals surface area contributed by atoms with Gasteiger partial charge in [0.15, 0.2) is 11.5 Å². The molecule has 0 unspecified atom stereocenters. The SMILES string of the molecule is CC1(C)C[C@H](CN2CCN(c3ncnc4nc[nH]c34)CC2)CCO1. The number of piperazine rings is 1. The third-order valence-electron chi connectivity index (χ3n) is 5.19. The van der Waals surface area contributed by atoms with Gasteiger partial charge in [-0.25, -0.2) is 15.0 Å². The molecule has 7 heteroatoms. The van der Waals surface area contributed by atoms with Crippen LogP contribution >= 0.6 is 0 Å². The maximum Gasteiger partial charge on any atom is 0.182 e. The maximum atomic E-state index is 5.84. The van der Waals surface area contributed by atoms with Crippen LogP contribution in [0.4, 0.5) is 5.82 Å². The Morgan fingerprint density at radius 1 is 1.21 bits per heavy atom. The molecule has 2 aliphatic heterocycles. The molecule has 24 heavy (non-hydrogen) atoms. The number of H-pyrrole nitrogens is 1. The highest BCUT2D eigenvalue weighted by Crippen LogP contribution is 2.29. The van der Waals surface area contributed by atoms with Gasteiger partial charge in [0.05, 0.1) is 11.9 Å². The molecule has 2 aromatic rings. The van der Waals surface area contributed by atoms with E-state index in [0.29, 0.717) is 0 Å². The van der Waals surface area contributed by atoms with Crippen LogP contribution in [-0.2, 0) is 4.74 Å². The first-order valence-corrected chi connectivity index (χ1v) is 8.86. The van der Waals surface area contributed by atoms with Gasteiger partial charge < -0.3 is 14.6 Å². The number of anilines is 1. The number of rotatable bonds is 3. The van der Waals surface area contributed by atoms with Crippen molar-refractivity contribution in [1.29, 1.82) is 0 Å². The van der Waals surface area contributed by atoms with Crippen LogP contribution in [0, 0.1) is 5.92 Å². The van der Waals surface area contributed by atoms with E-state index in [1.165, 1.54) is 13.0 Å². The van der Waals surface area contributed by atoms with Gasteiger partial charge in [0.2, 0.25) is 0 Å². The standard InChI is InChI=1S/C17H26N6O/c1-17(2)9-13(3-8-24-17)10-22-4-6-23(7-5-22)16-14-15(19-11-18-14)20-12-21-16/h11-13H,3-10H2,1-2H3,(H,18,19,20,21)/t13-/m1/s1. The summed E-state index contributed by atoms with van der Waals surface area (Å²) in [6.07, 6.45) is 5.64. The molecule has 2 fully saturated rings. The number of aromatic nitrogens is 4. The van der Waals surface area contributed by atoms with Gasteiger partial charge in [-0.15, -0.1) is 0 Å². The van der Waals surface area contributed by atoms with Crippen molar-refractivity contribution in [2.75, 3.05) is 44.2 Å². The van der Waals surface area contributed by atoms with Gasteiger partial charge in [-0.05, 0) is 32.6 Å². The molecule has 7 nitrogen and oxygen atoms in total. The fourth-order valence-corrected chi connectivity index (χ4v) is 4.01.